The summed E-state index contributed by atoms with van der Waals surface area (Å²) in [7, 11) is -2.38. The Bertz CT molecular complexity index is 470. The first-order chi connectivity index (χ1) is 7.55. The second kappa shape index (κ2) is 5.47. The number of rotatable bonds is 5. The molecule has 0 amide bonds. The van der Waals surface area contributed by atoms with Gasteiger partial charge in [0, 0.05) is 0 Å². The number of primary sulfonamides is 1. The molecule has 1 rings (SSSR count). The van der Waals surface area contributed by atoms with Gasteiger partial charge in [0.1, 0.15) is 24.4 Å². The highest BCUT2D eigenvalue weighted by Crippen LogP contribution is 2.21. The second-order valence-corrected chi connectivity index (χ2v) is 4.30. The van der Waals surface area contributed by atoms with E-state index < -0.39 is 10.0 Å². The van der Waals surface area contributed by atoms with Crippen LogP contribution in [0.1, 0.15) is 0 Å². The van der Waals surface area contributed by atoms with E-state index in [2.05, 4.69) is 9.99 Å². The summed E-state index contributed by atoms with van der Waals surface area (Å²) in [5.41, 5.74) is 0. The maximum atomic E-state index is 11.2. The largest absolute Gasteiger partial charge is 0.486 e. The SMILES string of the molecule is CO/N=C/COc1ccccc1S(N)(=O)=O. The van der Waals surface area contributed by atoms with E-state index in [0.29, 0.717) is 0 Å². The third kappa shape index (κ3) is 3.52. The Morgan fingerprint density at radius 1 is 1.44 bits per heavy atom. The number of nitrogens with two attached hydrogens (primary N) is 1. The Balaban J connectivity index is 2.84. The van der Waals surface area contributed by atoms with Crippen molar-refractivity contribution in [3.63, 3.8) is 0 Å². The van der Waals surface area contributed by atoms with Crippen LogP contribution in [0.15, 0.2) is 34.3 Å². The van der Waals surface area contributed by atoms with Crippen LogP contribution in [-0.2, 0) is 14.9 Å². The van der Waals surface area contributed by atoms with Crippen molar-refractivity contribution >= 4 is 16.2 Å². The molecule has 0 fully saturated rings. The highest BCUT2D eigenvalue weighted by Gasteiger charge is 2.13. The molecule has 2 N–H and O–H groups in total. The van der Waals surface area contributed by atoms with E-state index in [1.54, 1.807) is 12.1 Å². The number of ether oxygens (including phenoxy) is 1. The minimum absolute atomic E-state index is 0.0548. The van der Waals surface area contributed by atoms with E-state index >= 15 is 0 Å². The average Bonchev–Trinajstić information content (AvgIpc) is 2.24. The predicted molar refractivity (Wildman–Crippen MR) is 58.8 cm³/mol. The van der Waals surface area contributed by atoms with Crippen molar-refractivity contribution in [1.82, 2.24) is 0 Å². The molecule has 0 radical (unpaired) electrons. The molecule has 0 aromatic heterocycles. The van der Waals surface area contributed by atoms with Crippen molar-refractivity contribution < 1.29 is 18.0 Å². The fourth-order valence-electron chi connectivity index (χ4n) is 1.04. The van der Waals surface area contributed by atoms with Crippen LogP contribution in [0.3, 0.4) is 0 Å². The molecule has 1 aromatic carbocycles. The molecule has 1 aromatic rings. The molecule has 0 aliphatic rings. The number of benzene rings is 1. The molecule has 0 saturated heterocycles. The van der Waals surface area contributed by atoms with Gasteiger partial charge in [0.25, 0.3) is 0 Å². The molecule has 88 valence electrons. The molecule has 0 aliphatic heterocycles. The van der Waals surface area contributed by atoms with Crippen LogP contribution in [0.25, 0.3) is 0 Å². The Morgan fingerprint density at radius 2 is 2.12 bits per heavy atom. The molecule has 0 bridgehead atoms. The van der Waals surface area contributed by atoms with Crippen molar-refractivity contribution in [2.75, 3.05) is 13.7 Å². The van der Waals surface area contributed by atoms with Crippen LogP contribution in [0.5, 0.6) is 5.75 Å². The smallest absolute Gasteiger partial charge is 0.241 e. The zero-order valence-corrected chi connectivity index (χ0v) is 9.48. The van der Waals surface area contributed by atoms with Crippen LogP contribution in [0.2, 0.25) is 0 Å². The number of para-hydroxylation sites is 1. The van der Waals surface area contributed by atoms with Gasteiger partial charge < -0.3 is 9.57 Å². The van der Waals surface area contributed by atoms with Gasteiger partial charge in [0.15, 0.2) is 0 Å². The van der Waals surface area contributed by atoms with Gasteiger partial charge >= 0.3 is 0 Å². The third-order valence-electron chi connectivity index (χ3n) is 1.65. The first-order valence-electron chi connectivity index (χ1n) is 4.35. The van der Waals surface area contributed by atoms with Crippen LogP contribution >= 0.6 is 0 Å². The Morgan fingerprint density at radius 3 is 2.75 bits per heavy atom. The number of sulfonamides is 1. The van der Waals surface area contributed by atoms with E-state index in [4.69, 9.17) is 9.88 Å². The highest BCUT2D eigenvalue weighted by molar-refractivity contribution is 7.89. The maximum Gasteiger partial charge on any atom is 0.241 e. The summed E-state index contributed by atoms with van der Waals surface area (Å²) in [6, 6.07) is 6.10. The standard InChI is InChI=1S/C9H12N2O4S/c1-14-11-6-7-15-8-4-2-3-5-9(8)16(10,12)13/h2-6H,7H2,1H3,(H2,10,12,13)/b11-6+. The van der Waals surface area contributed by atoms with Crippen LogP contribution in [0, 0.1) is 0 Å². The third-order valence-corrected chi connectivity index (χ3v) is 2.60. The Hall–Kier alpha value is -1.60. The summed E-state index contributed by atoms with van der Waals surface area (Å²) >= 11 is 0. The summed E-state index contributed by atoms with van der Waals surface area (Å²) in [4.78, 5) is 4.37. The van der Waals surface area contributed by atoms with E-state index in [0.717, 1.165) is 0 Å². The fraction of sp³-hybridized carbons (Fsp3) is 0.222. The topological polar surface area (TPSA) is 91.0 Å². The zero-order valence-electron chi connectivity index (χ0n) is 8.66. The van der Waals surface area contributed by atoms with E-state index in [1.807, 2.05) is 0 Å². The molecule has 16 heavy (non-hydrogen) atoms. The average molecular weight is 244 g/mol. The van der Waals surface area contributed by atoms with Gasteiger partial charge in [-0.2, -0.15) is 0 Å². The normalized spacial score (nSPS) is 11.6. The maximum absolute atomic E-state index is 11.2. The summed E-state index contributed by atoms with van der Waals surface area (Å²) < 4.78 is 27.5. The van der Waals surface area contributed by atoms with Gasteiger partial charge in [0.05, 0.1) is 6.21 Å². The quantitative estimate of drug-likeness (QED) is 0.597. The molecule has 0 spiro atoms. The van der Waals surface area contributed by atoms with Crippen molar-refractivity contribution in [1.29, 1.82) is 0 Å². The lowest BCUT2D eigenvalue weighted by Crippen LogP contribution is -2.14. The van der Waals surface area contributed by atoms with E-state index in [1.165, 1.54) is 25.5 Å². The lowest BCUT2D eigenvalue weighted by molar-refractivity contribution is 0.212. The van der Waals surface area contributed by atoms with Gasteiger partial charge in [0.2, 0.25) is 10.0 Å². The second-order valence-electron chi connectivity index (χ2n) is 2.77. The Kier molecular flexibility index (Phi) is 4.27. The molecular weight excluding hydrogens is 232 g/mol. The van der Waals surface area contributed by atoms with Crippen molar-refractivity contribution in [2.45, 2.75) is 4.90 Å². The summed E-state index contributed by atoms with van der Waals surface area (Å²) in [5, 5.41) is 8.47. The number of hydrogen-bond acceptors (Lipinski definition) is 5. The predicted octanol–water partition coefficient (Wildman–Crippen LogP) is 0.345. The first kappa shape index (κ1) is 12.5. The molecule has 0 aliphatic carbocycles. The van der Waals surface area contributed by atoms with Gasteiger partial charge in [-0.1, -0.05) is 17.3 Å². The monoisotopic (exact) mass is 244 g/mol. The van der Waals surface area contributed by atoms with Gasteiger partial charge in [-0.05, 0) is 12.1 Å². The highest BCUT2D eigenvalue weighted by atomic mass is 32.2. The molecule has 6 nitrogen and oxygen atoms in total. The minimum Gasteiger partial charge on any atom is -0.486 e. The van der Waals surface area contributed by atoms with E-state index in [9.17, 15) is 8.42 Å². The number of hydrogen-bond donors (Lipinski definition) is 1. The van der Waals surface area contributed by atoms with Gasteiger partial charge in [-0.25, -0.2) is 13.6 Å². The summed E-state index contributed by atoms with van der Waals surface area (Å²) in [5.74, 6) is 0.188. The number of oxime groups is 1. The summed E-state index contributed by atoms with van der Waals surface area (Å²) in [6.45, 7) is 0.0976. The molecule has 0 atom stereocenters. The molecule has 0 heterocycles. The molecular formula is C9H12N2O4S. The van der Waals surface area contributed by atoms with Crippen molar-refractivity contribution in [2.24, 2.45) is 10.3 Å². The van der Waals surface area contributed by atoms with E-state index in [-0.39, 0.29) is 17.3 Å². The molecule has 7 heteroatoms. The molecule has 0 saturated carbocycles. The Labute approximate surface area is 93.7 Å². The minimum atomic E-state index is -3.78. The molecule has 0 unspecified atom stereocenters. The van der Waals surface area contributed by atoms with Crippen LogP contribution in [-0.4, -0.2) is 28.3 Å². The lowest BCUT2D eigenvalue weighted by atomic mass is 10.3. The zero-order chi connectivity index (χ0) is 12.0. The van der Waals surface area contributed by atoms with Gasteiger partial charge in [-0.15, -0.1) is 0 Å². The lowest BCUT2D eigenvalue weighted by Gasteiger charge is -2.07. The number of nitrogens with zero attached hydrogens (tertiary/aromatic N) is 1. The van der Waals surface area contributed by atoms with Gasteiger partial charge in [-0.3, -0.25) is 0 Å². The first-order valence-corrected chi connectivity index (χ1v) is 5.90. The van der Waals surface area contributed by atoms with Crippen LogP contribution < -0.4 is 9.88 Å². The van der Waals surface area contributed by atoms with Crippen LogP contribution in [0.4, 0.5) is 0 Å². The van der Waals surface area contributed by atoms with Crippen molar-refractivity contribution in [3.05, 3.63) is 24.3 Å². The van der Waals surface area contributed by atoms with Crippen molar-refractivity contribution in [3.8, 4) is 5.75 Å². The summed E-state index contributed by atoms with van der Waals surface area (Å²) in [6.07, 6.45) is 1.36. The fourth-order valence-corrected chi connectivity index (χ4v) is 1.71.